The maximum atomic E-state index is 8.83. The molecule has 0 bridgehead atoms. The van der Waals surface area contributed by atoms with Crippen LogP contribution in [0.5, 0.6) is 0 Å². The van der Waals surface area contributed by atoms with Crippen LogP contribution in [-0.2, 0) is 0 Å². The molecule has 0 aliphatic heterocycles. The van der Waals surface area contributed by atoms with E-state index < -0.39 is 0 Å². The molecule has 0 saturated carbocycles. The third-order valence-corrected chi connectivity index (χ3v) is 3.33. The van der Waals surface area contributed by atoms with Crippen molar-refractivity contribution in [2.75, 3.05) is 38.6 Å². The monoisotopic (exact) mass is 313 g/mol. The lowest BCUT2D eigenvalue weighted by atomic mass is 10.2. The maximum Gasteiger partial charge on any atom is 0.171 e. The van der Waals surface area contributed by atoms with Crippen molar-refractivity contribution in [3.8, 4) is 0 Å². The molecule has 0 unspecified atom stereocenters. The van der Waals surface area contributed by atoms with Crippen molar-refractivity contribution in [1.29, 1.82) is 0 Å². The number of hydrogen-bond acceptors (Lipinski definition) is 5. The average molecular weight is 314 g/mol. The van der Waals surface area contributed by atoms with E-state index in [1.54, 1.807) is 12.3 Å². The topological polar surface area (TPSA) is 78.0 Å². The summed E-state index contributed by atoms with van der Waals surface area (Å²) in [6, 6.07) is 1.64. The molecule has 0 aliphatic rings. The van der Waals surface area contributed by atoms with E-state index in [1.807, 2.05) is 14.1 Å². The highest BCUT2D eigenvalue weighted by atomic mass is 35.5. The van der Waals surface area contributed by atoms with Crippen molar-refractivity contribution in [2.24, 2.45) is 16.8 Å². The Labute approximate surface area is 131 Å². The van der Waals surface area contributed by atoms with Gasteiger partial charge in [0.05, 0.1) is 5.02 Å². The molecule has 0 spiro atoms. The van der Waals surface area contributed by atoms with Gasteiger partial charge < -0.3 is 20.7 Å². The molecule has 0 radical (unpaired) electrons. The van der Waals surface area contributed by atoms with Gasteiger partial charge in [-0.2, -0.15) is 0 Å². The van der Waals surface area contributed by atoms with Crippen LogP contribution < -0.4 is 10.6 Å². The van der Waals surface area contributed by atoms with Crippen LogP contribution in [0.25, 0.3) is 0 Å². The van der Waals surface area contributed by atoms with Gasteiger partial charge >= 0.3 is 0 Å². The summed E-state index contributed by atoms with van der Waals surface area (Å²) in [4.78, 5) is 8.60. The number of likely N-dealkylation sites (N-methyl/N-ethyl adjacent to an activating group) is 1. The molecule has 1 heterocycles. The summed E-state index contributed by atoms with van der Waals surface area (Å²) in [6.45, 7) is 6.81. The van der Waals surface area contributed by atoms with E-state index in [1.165, 1.54) is 0 Å². The number of nitrogens with two attached hydrogens (primary N) is 1. The lowest BCUT2D eigenvalue weighted by Gasteiger charge is -2.28. The first-order valence-corrected chi connectivity index (χ1v) is 7.26. The minimum Gasteiger partial charge on any atom is -0.409 e. The van der Waals surface area contributed by atoms with E-state index in [9.17, 15) is 0 Å². The summed E-state index contributed by atoms with van der Waals surface area (Å²) in [7, 11) is 4.05. The first-order valence-electron chi connectivity index (χ1n) is 6.88. The van der Waals surface area contributed by atoms with E-state index in [0.717, 1.165) is 19.6 Å². The molecule has 0 aromatic carbocycles. The molecule has 0 atom stereocenters. The normalized spacial score (nSPS) is 12.2. The quantitative estimate of drug-likeness (QED) is 0.348. The summed E-state index contributed by atoms with van der Waals surface area (Å²) < 4.78 is 0. The molecule has 1 rings (SSSR count). The molecule has 1 aromatic rings. The fraction of sp³-hybridized carbons (Fsp3) is 0.571. The van der Waals surface area contributed by atoms with Crippen molar-refractivity contribution in [1.82, 2.24) is 9.88 Å². The number of hydrogen-bond donors (Lipinski definition) is 2. The first-order chi connectivity index (χ1) is 9.86. The highest BCUT2D eigenvalue weighted by Crippen LogP contribution is 2.27. The van der Waals surface area contributed by atoms with Gasteiger partial charge in [0.2, 0.25) is 0 Å². The minimum atomic E-state index is -0.0132. The zero-order valence-corrected chi connectivity index (χ0v) is 13.8. The molecule has 3 N–H and O–H groups in total. The summed E-state index contributed by atoms with van der Waals surface area (Å²) in [5, 5.41) is 12.2. The number of pyridine rings is 1. The smallest absolute Gasteiger partial charge is 0.171 e. The summed E-state index contributed by atoms with van der Waals surface area (Å²) in [5.74, 6) is 1.12. The number of oxime groups is 1. The van der Waals surface area contributed by atoms with Crippen molar-refractivity contribution in [3.05, 3.63) is 22.8 Å². The highest BCUT2D eigenvalue weighted by molar-refractivity contribution is 6.36. The number of amidine groups is 1. The van der Waals surface area contributed by atoms with Gasteiger partial charge in [-0.1, -0.05) is 30.6 Å². The second-order valence-electron chi connectivity index (χ2n) is 5.62. The number of nitrogens with zero attached hydrogens (tertiary/aromatic N) is 4. The van der Waals surface area contributed by atoms with Gasteiger partial charge in [-0.05, 0) is 26.1 Å². The van der Waals surface area contributed by atoms with Gasteiger partial charge in [-0.15, -0.1) is 0 Å². The van der Waals surface area contributed by atoms with Crippen molar-refractivity contribution >= 4 is 23.3 Å². The molecule has 0 saturated heterocycles. The van der Waals surface area contributed by atoms with E-state index in [0.29, 0.717) is 22.3 Å². The first kappa shape index (κ1) is 17.5. The number of anilines is 1. The van der Waals surface area contributed by atoms with Gasteiger partial charge in [-0.25, -0.2) is 4.98 Å². The molecule has 118 valence electrons. The Morgan fingerprint density at radius 3 is 2.62 bits per heavy atom. The average Bonchev–Trinajstić information content (AvgIpc) is 2.42. The van der Waals surface area contributed by atoms with Crippen molar-refractivity contribution in [3.63, 3.8) is 0 Å². The summed E-state index contributed by atoms with van der Waals surface area (Å²) in [6.07, 6.45) is 1.62. The Morgan fingerprint density at radius 2 is 2.10 bits per heavy atom. The van der Waals surface area contributed by atoms with E-state index in [-0.39, 0.29) is 5.84 Å². The standard InChI is InChI=1S/C14H24ClN5O/c1-10(2)9-20(8-7-19(3)4)14-12(15)11(5-6-17-14)13(16)18-21/h5-6,10,21H,7-9H2,1-4H3,(H2,16,18). The van der Waals surface area contributed by atoms with Gasteiger partial charge in [0, 0.05) is 31.4 Å². The van der Waals surface area contributed by atoms with E-state index in [4.69, 9.17) is 22.5 Å². The molecular formula is C14H24ClN5O. The van der Waals surface area contributed by atoms with Crippen LogP contribution in [0.4, 0.5) is 5.82 Å². The zero-order chi connectivity index (χ0) is 16.0. The van der Waals surface area contributed by atoms with Crippen LogP contribution in [0.1, 0.15) is 19.4 Å². The molecule has 0 aliphatic carbocycles. The van der Waals surface area contributed by atoms with Gasteiger partial charge in [0.25, 0.3) is 0 Å². The predicted molar refractivity (Wildman–Crippen MR) is 87.4 cm³/mol. The fourth-order valence-corrected chi connectivity index (χ4v) is 2.28. The number of rotatable bonds is 7. The Kier molecular flexibility index (Phi) is 6.71. The van der Waals surface area contributed by atoms with Gasteiger partial charge in [-0.3, -0.25) is 0 Å². The predicted octanol–water partition coefficient (Wildman–Crippen LogP) is 1.85. The molecule has 1 aromatic heterocycles. The van der Waals surface area contributed by atoms with Crippen LogP contribution in [0, 0.1) is 5.92 Å². The van der Waals surface area contributed by atoms with E-state index in [2.05, 4.69) is 33.8 Å². The van der Waals surface area contributed by atoms with Crippen molar-refractivity contribution in [2.45, 2.75) is 13.8 Å². The highest BCUT2D eigenvalue weighted by Gasteiger charge is 2.17. The Hall–Kier alpha value is -1.53. The molecule has 21 heavy (non-hydrogen) atoms. The zero-order valence-electron chi connectivity index (χ0n) is 13.0. The van der Waals surface area contributed by atoms with Crippen LogP contribution in [-0.4, -0.2) is 54.7 Å². The minimum absolute atomic E-state index is 0.0132. The SMILES string of the molecule is CC(C)CN(CCN(C)C)c1nccc(/C(N)=N/O)c1Cl. The number of aromatic nitrogens is 1. The van der Waals surface area contributed by atoms with E-state index >= 15 is 0 Å². The second-order valence-corrected chi connectivity index (χ2v) is 6.00. The van der Waals surface area contributed by atoms with Gasteiger partial charge in [0.1, 0.15) is 5.82 Å². The summed E-state index contributed by atoms with van der Waals surface area (Å²) in [5.41, 5.74) is 6.14. The lowest BCUT2D eigenvalue weighted by Crippen LogP contribution is -2.35. The Balaban J connectivity index is 3.11. The van der Waals surface area contributed by atoms with Crippen LogP contribution >= 0.6 is 11.6 Å². The van der Waals surface area contributed by atoms with Crippen LogP contribution in [0.2, 0.25) is 5.02 Å². The molecule has 6 nitrogen and oxygen atoms in total. The molecule has 0 amide bonds. The maximum absolute atomic E-state index is 8.83. The molecule has 7 heteroatoms. The summed E-state index contributed by atoms with van der Waals surface area (Å²) >= 11 is 6.39. The fourth-order valence-electron chi connectivity index (χ4n) is 1.95. The van der Waals surface area contributed by atoms with Crippen molar-refractivity contribution < 1.29 is 5.21 Å². The largest absolute Gasteiger partial charge is 0.409 e. The third kappa shape index (κ3) is 5.06. The lowest BCUT2D eigenvalue weighted by molar-refractivity contribution is 0.318. The van der Waals surface area contributed by atoms with Gasteiger partial charge in [0.15, 0.2) is 5.84 Å². The Morgan fingerprint density at radius 1 is 1.43 bits per heavy atom. The molecular weight excluding hydrogens is 290 g/mol. The number of halogens is 1. The van der Waals surface area contributed by atoms with Crippen LogP contribution in [0.3, 0.4) is 0 Å². The van der Waals surface area contributed by atoms with Crippen LogP contribution in [0.15, 0.2) is 17.4 Å². The second kappa shape index (κ2) is 8.05. The third-order valence-electron chi connectivity index (χ3n) is 2.96. The molecule has 0 fully saturated rings. The Bertz CT molecular complexity index is 490.